The molecule has 1 aliphatic carbocycles. The maximum atomic E-state index is 2.52. The van der Waals surface area contributed by atoms with Crippen LogP contribution in [-0.2, 0) is 6.42 Å². The lowest BCUT2D eigenvalue weighted by Crippen LogP contribution is -2.21. The van der Waals surface area contributed by atoms with E-state index in [-0.39, 0.29) is 5.41 Å². The van der Waals surface area contributed by atoms with Crippen molar-refractivity contribution in [2.24, 2.45) is 5.41 Å². The number of anilines is 6. The molecule has 2 nitrogen and oxygen atoms in total. The topological polar surface area (TPSA) is 6.48 Å². The smallest absolute Gasteiger partial charge is 0.0616 e. The van der Waals surface area contributed by atoms with Gasteiger partial charge in [0.2, 0.25) is 0 Å². The molecule has 6 aromatic rings. The molecule has 0 radical (unpaired) electrons. The second-order valence-corrected chi connectivity index (χ2v) is 13.6. The first-order valence-corrected chi connectivity index (χ1v) is 16.4. The van der Waals surface area contributed by atoms with E-state index < -0.39 is 0 Å². The molecule has 46 heavy (non-hydrogen) atoms. The van der Waals surface area contributed by atoms with Crippen molar-refractivity contribution in [1.82, 2.24) is 0 Å². The minimum Gasteiger partial charge on any atom is -0.310 e. The summed E-state index contributed by atoms with van der Waals surface area (Å²) in [5.41, 5.74) is 13.9. The number of nitrogens with zero attached hydrogens (tertiary/aromatic N) is 2. The number of rotatable bonds is 6. The fourth-order valence-electron chi connectivity index (χ4n) is 6.98. The molecule has 0 aromatic heterocycles. The fourth-order valence-corrected chi connectivity index (χ4v) is 6.98. The van der Waals surface area contributed by atoms with Crippen LogP contribution in [0.15, 0.2) is 139 Å². The number of para-hydroxylation sites is 2. The van der Waals surface area contributed by atoms with Gasteiger partial charge in [0.25, 0.3) is 0 Å². The Kier molecular flexibility index (Phi) is 7.74. The van der Waals surface area contributed by atoms with Crippen LogP contribution in [0.5, 0.6) is 0 Å². The van der Waals surface area contributed by atoms with Crippen LogP contribution in [0.2, 0.25) is 0 Å². The predicted octanol–water partition coefficient (Wildman–Crippen LogP) is 12.8. The molecular formula is C44H42N2. The lowest BCUT2D eigenvalue weighted by Gasteiger charge is -2.37. The number of fused-ring (bicyclic) bond motifs is 2. The average Bonchev–Trinajstić information content (AvgIpc) is 3.06. The highest BCUT2D eigenvalue weighted by Crippen LogP contribution is 2.53. The summed E-state index contributed by atoms with van der Waals surface area (Å²) in [7, 11) is 0. The summed E-state index contributed by atoms with van der Waals surface area (Å²) in [4.78, 5) is 4.98. The van der Waals surface area contributed by atoms with Gasteiger partial charge in [-0.1, -0.05) is 117 Å². The third kappa shape index (κ3) is 5.49. The van der Waals surface area contributed by atoms with Gasteiger partial charge in [0.1, 0.15) is 0 Å². The first-order valence-electron chi connectivity index (χ1n) is 16.4. The SMILES string of the molecule is Cc1cccc(N(c2ccccc2)c2c3c(c(N(c4ccccc4)c4cccc(C)c4)c4ccccc24)CCC(C(C)(C)C)=C3)c1. The van der Waals surface area contributed by atoms with E-state index in [1.807, 2.05) is 0 Å². The standard InChI is InChI=1S/C44H42N2/c1-31-16-14-22-36(28-31)45(34-18-8-6-9-19-34)42-38-24-12-13-25-39(38)43(41-30-33(44(3,4)5)26-27-40(41)42)46(35-20-10-7-11-21-35)37-23-15-17-32(2)29-37/h6-25,28-30H,26-27H2,1-5H3. The Balaban J connectivity index is 1.64. The minimum atomic E-state index is 0.0668. The summed E-state index contributed by atoms with van der Waals surface area (Å²) < 4.78 is 0. The summed E-state index contributed by atoms with van der Waals surface area (Å²) in [6.45, 7) is 11.4. The van der Waals surface area contributed by atoms with Crippen LogP contribution in [0.1, 0.15) is 49.4 Å². The number of benzene rings is 6. The van der Waals surface area contributed by atoms with Gasteiger partial charge >= 0.3 is 0 Å². The van der Waals surface area contributed by atoms with Crippen molar-refractivity contribution in [1.29, 1.82) is 0 Å². The minimum absolute atomic E-state index is 0.0668. The Morgan fingerprint density at radius 3 is 1.43 bits per heavy atom. The first kappa shape index (κ1) is 29.6. The molecule has 0 fully saturated rings. The molecule has 0 aliphatic heterocycles. The molecule has 0 atom stereocenters. The van der Waals surface area contributed by atoms with Gasteiger partial charge in [-0.05, 0) is 97.3 Å². The van der Waals surface area contributed by atoms with E-state index in [2.05, 4.69) is 184 Å². The van der Waals surface area contributed by atoms with Crippen molar-refractivity contribution in [3.8, 4) is 0 Å². The van der Waals surface area contributed by atoms with E-state index >= 15 is 0 Å². The molecule has 0 heterocycles. The van der Waals surface area contributed by atoms with Gasteiger partial charge in [-0.2, -0.15) is 0 Å². The van der Waals surface area contributed by atoms with Crippen molar-refractivity contribution in [3.05, 3.63) is 161 Å². The van der Waals surface area contributed by atoms with E-state index in [0.717, 1.165) is 24.2 Å². The zero-order chi connectivity index (χ0) is 31.8. The van der Waals surface area contributed by atoms with Gasteiger partial charge in [-0.15, -0.1) is 0 Å². The number of allylic oxidation sites excluding steroid dienone is 1. The molecule has 0 bridgehead atoms. The van der Waals surface area contributed by atoms with Crippen LogP contribution in [-0.4, -0.2) is 0 Å². The van der Waals surface area contributed by atoms with E-state index in [0.29, 0.717) is 0 Å². The third-order valence-electron chi connectivity index (χ3n) is 9.23. The van der Waals surface area contributed by atoms with Crippen LogP contribution in [0.4, 0.5) is 34.1 Å². The molecule has 0 amide bonds. The molecule has 7 rings (SSSR count). The van der Waals surface area contributed by atoms with Crippen LogP contribution in [0.3, 0.4) is 0 Å². The molecule has 1 aliphatic rings. The second-order valence-electron chi connectivity index (χ2n) is 13.6. The summed E-state index contributed by atoms with van der Waals surface area (Å²) in [5.74, 6) is 0. The molecular weight excluding hydrogens is 556 g/mol. The van der Waals surface area contributed by atoms with Gasteiger partial charge in [0.15, 0.2) is 0 Å². The number of aryl methyl sites for hydroxylation is 2. The first-order chi connectivity index (χ1) is 22.3. The molecule has 0 N–H and O–H groups in total. The molecule has 0 saturated carbocycles. The van der Waals surface area contributed by atoms with Gasteiger partial charge in [-0.25, -0.2) is 0 Å². The van der Waals surface area contributed by atoms with Gasteiger partial charge in [0, 0.05) is 39.1 Å². The highest BCUT2D eigenvalue weighted by molar-refractivity contribution is 6.12. The molecule has 6 aromatic carbocycles. The van der Waals surface area contributed by atoms with E-state index in [1.165, 1.54) is 61.3 Å². The zero-order valence-electron chi connectivity index (χ0n) is 27.6. The van der Waals surface area contributed by atoms with E-state index in [4.69, 9.17) is 0 Å². The second kappa shape index (κ2) is 12.0. The maximum Gasteiger partial charge on any atom is 0.0616 e. The van der Waals surface area contributed by atoms with Crippen molar-refractivity contribution in [2.75, 3.05) is 9.80 Å². The van der Waals surface area contributed by atoms with Gasteiger partial charge in [-0.3, -0.25) is 0 Å². The van der Waals surface area contributed by atoms with Crippen molar-refractivity contribution >= 4 is 51.0 Å². The van der Waals surface area contributed by atoms with Crippen molar-refractivity contribution in [2.45, 2.75) is 47.5 Å². The van der Waals surface area contributed by atoms with Gasteiger partial charge in [0.05, 0.1) is 11.4 Å². The van der Waals surface area contributed by atoms with Crippen molar-refractivity contribution < 1.29 is 0 Å². The zero-order valence-corrected chi connectivity index (χ0v) is 27.6. The summed E-state index contributed by atoms with van der Waals surface area (Å²) >= 11 is 0. The van der Waals surface area contributed by atoms with Crippen LogP contribution in [0, 0.1) is 19.3 Å². The van der Waals surface area contributed by atoms with Crippen LogP contribution in [0.25, 0.3) is 16.8 Å². The summed E-state index contributed by atoms with van der Waals surface area (Å²) in [5, 5.41) is 2.49. The average molecular weight is 599 g/mol. The maximum absolute atomic E-state index is 2.52. The largest absolute Gasteiger partial charge is 0.310 e. The summed E-state index contributed by atoms with van der Waals surface area (Å²) in [6, 6.07) is 48.6. The third-order valence-corrected chi connectivity index (χ3v) is 9.23. The lowest BCUT2D eigenvalue weighted by atomic mass is 9.76. The summed E-state index contributed by atoms with van der Waals surface area (Å²) in [6.07, 6.45) is 4.53. The highest BCUT2D eigenvalue weighted by Gasteiger charge is 2.31. The van der Waals surface area contributed by atoms with Gasteiger partial charge < -0.3 is 9.80 Å². The predicted molar refractivity (Wildman–Crippen MR) is 199 cm³/mol. The fraction of sp³-hybridized carbons (Fsp3) is 0.182. The Bertz CT molecular complexity index is 2050. The molecule has 0 unspecified atom stereocenters. The molecule has 0 saturated heterocycles. The Morgan fingerprint density at radius 1 is 0.478 bits per heavy atom. The Labute approximate surface area is 274 Å². The van der Waals surface area contributed by atoms with E-state index in [9.17, 15) is 0 Å². The molecule has 0 spiro atoms. The van der Waals surface area contributed by atoms with Crippen LogP contribution < -0.4 is 9.80 Å². The Morgan fingerprint density at radius 2 is 0.935 bits per heavy atom. The Hall–Kier alpha value is -5.08. The molecule has 2 heteroatoms. The van der Waals surface area contributed by atoms with E-state index in [1.54, 1.807) is 0 Å². The number of hydrogen-bond acceptors (Lipinski definition) is 2. The quantitative estimate of drug-likeness (QED) is 0.176. The highest BCUT2D eigenvalue weighted by atomic mass is 15.2. The number of hydrogen-bond donors (Lipinski definition) is 0. The normalized spacial score (nSPS) is 12.8. The molecule has 228 valence electrons. The van der Waals surface area contributed by atoms with Crippen LogP contribution >= 0.6 is 0 Å². The van der Waals surface area contributed by atoms with Crippen molar-refractivity contribution in [3.63, 3.8) is 0 Å². The monoisotopic (exact) mass is 598 g/mol. The lowest BCUT2D eigenvalue weighted by molar-refractivity contribution is 0.484.